The lowest BCUT2D eigenvalue weighted by Crippen LogP contribution is -2.44. The average Bonchev–Trinajstić information content (AvgIpc) is 3.28. The molecule has 7 atom stereocenters. The summed E-state index contributed by atoms with van der Waals surface area (Å²) in [6.45, 7) is 10.6. The maximum atomic E-state index is 13.7. The second kappa shape index (κ2) is 16.6. The summed E-state index contributed by atoms with van der Waals surface area (Å²) in [5.41, 5.74) is 0.0911. The molecule has 3 rings (SSSR count). The van der Waals surface area contributed by atoms with Crippen molar-refractivity contribution in [3.05, 3.63) is 68.5 Å². The fourth-order valence-electron chi connectivity index (χ4n) is 5.20. The van der Waals surface area contributed by atoms with E-state index < -0.39 is 56.7 Å². The van der Waals surface area contributed by atoms with Gasteiger partial charge in [0.05, 0.1) is 45.2 Å². The zero-order valence-corrected chi connectivity index (χ0v) is 28.4. The minimum absolute atomic E-state index is 0.0745. The minimum atomic E-state index is -3.87. The minimum Gasteiger partial charge on any atom is -0.382 e. The number of ether oxygens (including phenoxy) is 4. The van der Waals surface area contributed by atoms with Gasteiger partial charge in [0.1, 0.15) is 18.7 Å². The SMILES string of the molecule is CCOP(C)(=O)CP(=O)(OCC)O[C@H](C)C1O[C@@H](n2cc(C)c(=O)n(COCc3ccccc3)c2=O)[C@H](OCCOC)[C@@H]1C. The van der Waals surface area contributed by atoms with Gasteiger partial charge in [0, 0.05) is 31.5 Å². The van der Waals surface area contributed by atoms with E-state index >= 15 is 0 Å². The number of aryl methyl sites for hydroxylation is 1. The van der Waals surface area contributed by atoms with Crippen LogP contribution in [-0.2, 0) is 55.0 Å². The van der Waals surface area contributed by atoms with Crippen molar-refractivity contribution in [1.29, 1.82) is 0 Å². The second-order valence-corrected chi connectivity index (χ2v) is 15.9. The smallest absolute Gasteiger partial charge is 0.340 e. The van der Waals surface area contributed by atoms with Gasteiger partial charge in [-0.2, -0.15) is 0 Å². The fraction of sp³-hybridized carbons (Fsp3) is 0.655. The van der Waals surface area contributed by atoms with Gasteiger partial charge in [-0.15, -0.1) is 0 Å². The molecule has 248 valence electrons. The molecule has 0 saturated carbocycles. The largest absolute Gasteiger partial charge is 0.382 e. The van der Waals surface area contributed by atoms with Crippen LogP contribution in [0.3, 0.4) is 0 Å². The summed E-state index contributed by atoms with van der Waals surface area (Å²) in [6.07, 6.45) is -1.72. The maximum Gasteiger partial charge on any atom is 0.340 e. The Morgan fingerprint density at radius 3 is 2.36 bits per heavy atom. The van der Waals surface area contributed by atoms with Crippen LogP contribution < -0.4 is 11.2 Å². The molecule has 1 aliphatic heterocycles. The van der Waals surface area contributed by atoms with Crippen LogP contribution in [0, 0.1) is 12.8 Å². The summed E-state index contributed by atoms with van der Waals surface area (Å²) in [5.74, 6) is -0.763. The molecule has 1 saturated heterocycles. The first-order chi connectivity index (χ1) is 20.9. The van der Waals surface area contributed by atoms with Crippen LogP contribution in [0.4, 0.5) is 0 Å². The summed E-state index contributed by atoms with van der Waals surface area (Å²) in [7, 11) is -5.59. The third kappa shape index (κ3) is 9.55. The van der Waals surface area contributed by atoms with E-state index in [9.17, 15) is 18.7 Å². The van der Waals surface area contributed by atoms with Crippen molar-refractivity contribution in [3.63, 3.8) is 0 Å². The molecule has 1 aromatic heterocycles. The highest BCUT2D eigenvalue weighted by Gasteiger charge is 2.49. The first-order valence-corrected chi connectivity index (χ1v) is 18.7. The van der Waals surface area contributed by atoms with Crippen molar-refractivity contribution in [2.24, 2.45) is 5.92 Å². The zero-order chi connectivity index (χ0) is 32.5. The molecule has 13 nitrogen and oxygen atoms in total. The zero-order valence-electron chi connectivity index (χ0n) is 26.6. The quantitative estimate of drug-likeness (QED) is 0.164. The molecule has 1 aromatic carbocycles. The third-order valence-corrected chi connectivity index (χ3v) is 12.7. The molecule has 0 radical (unpaired) electrons. The molecule has 0 N–H and O–H groups in total. The number of aromatic nitrogens is 2. The van der Waals surface area contributed by atoms with E-state index in [-0.39, 0.29) is 39.1 Å². The number of hydrogen-bond donors (Lipinski definition) is 0. The van der Waals surface area contributed by atoms with Crippen LogP contribution in [0.25, 0.3) is 0 Å². The predicted molar refractivity (Wildman–Crippen MR) is 165 cm³/mol. The molecule has 44 heavy (non-hydrogen) atoms. The Balaban J connectivity index is 1.91. The normalized spacial score (nSPS) is 23.7. The van der Waals surface area contributed by atoms with Gasteiger partial charge in [-0.1, -0.05) is 37.3 Å². The summed E-state index contributed by atoms with van der Waals surface area (Å²) < 4.78 is 69.2. The summed E-state index contributed by atoms with van der Waals surface area (Å²) in [6, 6.07) is 9.41. The van der Waals surface area contributed by atoms with E-state index in [0.29, 0.717) is 12.2 Å². The lowest BCUT2D eigenvalue weighted by Gasteiger charge is -2.28. The Kier molecular flexibility index (Phi) is 13.8. The summed E-state index contributed by atoms with van der Waals surface area (Å²) >= 11 is 0. The molecule has 15 heteroatoms. The van der Waals surface area contributed by atoms with E-state index in [4.69, 9.17) is 32.5 Å². The molecule has 1 fully saturated rings. The predicted octanol–water partition coefficient (Wildman–Crippen LogP) is 4.59. The number of nitrogens with zero attached hydrogens (tertiary/aromatic N) is 2. The molecular formula is C29H46N2O11P2. The van der Waals surface area contributed by atoms with Crippen molar-refractivity contribution in [2.45, 2.75) is 72.5 Å². The van der Waals surface area contributed by atoms with E-state index in [1.165, 1.54) is 17.4 Å². The number of hydrogen-bond acceptors (Lipinski definition) is 11. The Bertz CT molecular complexity index is 1410. The van der Waals surface area contributed by atoms with E-state index in [0.717, 1.165) is 10.1 Å². The lowest BCUT2D eigenvalue weighted by atomic mass is 9.97. The number of benzene rings is 1. The first kappa shape index (κ1) is 36.5. The first-order valence-electron chi connectivity index (χ1n) is 14.7. The summed E-state index contributed by atoms with van der Waals surface area (Å²) in [5, 5.41) is 0. The monoisotopic (exact) mass is 660 g/mol. The highest BCUT2D eigenvalue weighted by Crippen LogP contribution is 2.62. The van der Waals surface area contributed by atoms with Crippen molar-refractivity contribution in [2.75, 3.05) is 46.1 Å². The standard InChI is InChI=1S/C29H46N2O11P2/c1-8-39-43(7,34)20-44(35,40-9-2)42-23(5)25-22(4)26(38-16-15-36-6)28(41-25)30-17-21(3)27(32)31(29(30)33)19-37-18-24-13-11-10-12-14-24/h10-14,17,22-23,25-26,28H,8-9,15-16,18-20H2,1-7H3/t22-,23-,25?,26-,28-,43?,44?/m1/s1. The topological polar surface area (TPSA) is 143 Å². The molecular weight excluding hydrogens is 614 g/mol. The molecule has 3 unspecified atom stereocenters. The van der Waals surface area contributed by atoms with E-state index in [1.807, 2.05) is 37.3 Å². The van der Waals surface area contributed by atoms with Gasteiger partial charge in [-0.05, 0) is 33.3 Å². The van der Waals surface area contributed by atoms with Gasteiger partial charge in [0.15, 0.2) is 6.23 Å². The van der Waals surface area contributed by atoms with Gasteiger partial charge >= 0.3 is 13.3 Å². The lowest BCUT2D eigenvalue weighted by molar-refractivity contribution is -0.0892. The van der Waals surface area contributed by atoms with Crippen molar-refractivity contribution < 1.29 is 41.6 Å². The van der Waals surface area contributed by atoms with Crippen LogP contribution >= 0.6 is 15.0 Å². The van der Waals surface area contributed by atoms with Gasteiger partial charge < -0.3 is 32.5 Å². The summed E-state index contributed by atoms with van der Waals surface area (Å²) in [4.78, 5) is 26.7. The van der Waals surface area contributed by atoms with Gasteiger partial charge in [0.25, 0.3) is 5.56 Å². The molecule has 0 spiro atoms. The van der Waals surface area contributed by atoms with Crippen LogP contribution in [0.5, 0.6) is 0 Å². The molecule has 0 amide bonds. The van der Waals surface area contributed by atoms with Crippen LogP contribution in [0.15, 0.2) is 46.1 Å². The van der Waals surface area contributed by atoms with Gasteiger partial charge in [-0.25, -0.2) is 9.36 Å². The number of rotatable bonds is 18. The van der Waals surface area contributed by atoms with Crippen molar-refractivity contribution in [1.82, 2.24) is 9.13 Å². The molecule has 1 aliphatic rings. The fourth-order valence-corrected chi connectivity index (χ4v) is 10.3. The van der Waals surface area contributed by atoms with Crippen LogP contribution in [0.1, 0.15) is 45.0 Å². The van der Waals surface area contributed by atoms with Crippen LogP contribution in [0.2, 0.25) is 0 Å². The van der Waals surface area contributed by atoms with Gasteiger partial charge in [0.2, 0.25) is 7.37 Å². The van der Waals surface area contributed by atoms with E-state index in [1.54, 1.807) is 34.8 Å². The molecule has 2 heterocycles. The highest BCUT2D eigenvalue weighted by atomic mass is 31.2. The average molecular weight is 661 g/mol. The number of methoxy groups -OCH3 is 1. The maximum absolute atomic E-state index is 13.7. The third-order valence-electron chi connectivity index (χ3n) is 7.13. The van der Waals surface area contributed by atoms with Crippen molar-refractivity contribution in [3.8, 4) is 0 Å². The van der Waals surface area contributed by atoms with Crippen LogP contribution in [-0.4, -0.2) is 73.6 Å². The molecule has 0 bridgehead atoms. The Labute approximate surface area is 258 Å². The molecule has 2 aromatic rings. The Morgan fingerprint density at radius 1 is 1.05 bits per heavy atom. The highest BCUT2D eigenvalue weighted by molar-refractivity contribution is 7.73. The Morgan fingerprint density at radius 2 is 1.73 bits per heavy atom. The molecule has 0 aliphatic carbocycles. The second-order valence-electron chi connectivity index (χ2n) is 10.8. The Hall–Kier alpha value is -1.92. The van der Waals surface area contributed by atoms with E-state index in [2.05, 4.69) is 0 Å². The van der Waals surface area contributed by atoms with Gasteiger partial charge in [-0.3, -0.25) is 18.5 Å². The van der Waals surface area contributed by atoms with Crippen molar-refractivity contribution >= 4 is 15.0 Å².